The van der Waals surface area contributed by atoms with Gasteiger partial charge in [0.25, 0.3) is 5.91 Å². The van der Waals surface area contributed by atoms with Gasteiger partial charge < -0.3 is 14.7 Å². The Morgan fingerprint density at radius 3 is 2.46 bits per heavy atom. The predicted octanol–water partition coefficient (Wildman–Crippen LogP) is -1.03. The highest BCUT2D eigenvalue weighted by molar-refractivity contribution is 7.92. The number of rotatable bonds is 6. The van der Waals surface area contributed by atoms with Crippen LogP contribution < -0.4 is 0 Å². The van der Waals surface area contributed by atoms with Gasteiger partial charge in [-0.15, -0.1) is 0 Å². The number of fused-ring (bicyclic) bond motifs is 1. The van der Waals surface area contributed by atoms with Crippen molar-refractivity contribution in [2.75, 3.05) is 26.0 Å². The lowest BCUT2D eigenvalue weighted by Crippen LogP contribution is -2.67. The van der Waals surface area contributed by atoms with Gasteiger partial charge in [-0.25, -0.2) is 8.42 Å². The first-order valence-corrected chi connectivity index (χ1v) is 9.60. The Balaban J connectivity index is 2.50. The van der Waals surface area contributed by atoms with Gasteiger partial charge in [-0.2, -0.15) is 0 Å². The molecular weight excluding hydrogens is 368 g/mol. The minimum absolute atomic E-state index is 0.0402. The molecule has 0 radical (unpaired) electrons. The van der Waals surface area contributed by atoms with Crippen molar-refractivity contribution in [2.24, 2.45) is 5.92 Å². The molecule has 0 bridgehead atoms. The van der Waals surface area contributed by atoms with E-state index in [0.717, 1.165) is 16.7 Å². The van der Waals surface area contributed by atoms with Crippen LogP contribution in [0.25, 0.3) is 0 Å². The minimum Gasteiger partial charge on any atom is -0.480 e. The van der Waals surface area contributed by atoms with Crippen LogP contribution in [0.5, 0.6) is 0 Å². The second kappa shape index (κ2) is 7.06. The highest BCUT2D eigenvalue weighted by Gasteiger charge is 2.59. The SMILES string of the molecule is CC[C@H]1C(=O)N2C(C(=O)N(C)CC(=O)O)=C(COC(C)=O)CS(=O)(=O)[C@H]12. The van der Waals surface area contributed by atoms with Gasteiger partial charge in [0.1, 0.15) is 18.8 Å². The minimum atomic E-state index is -3.76. The molecule has 2 heterocycles. The summed E-state index contributed by atoms with van der Waals surface area (Å²) in [5.74, 6) is -4.55. The molecule has 2 amide bonds. The molecule has 0 unspecified atom stereocenters. The number of hydrogen-bond donors (Lipinski definition) is 1. The summed E-state index contributed by atoms with van der Waals surface area (Å²) in [6.45, 7) is 1.70. The van der Waals surface area contributed by atoms with Gasteiger partial charge >= 0.3 is 11.9 Å². The summed E-state index contributed by atoms with van der Waals surface area (Å²) in [6.07, 6.45) is 0.297. The fraction of sp³-hybridized carbons (Fsp3) is 0.600. The molecule has 2 rings (SSSR count). The second-order valence-electron chi connectivity index (χ2n) is 6.21. The van der Waals surface area contributed by atoms with E-state index in [1.54, 1.807) is 6.92 Å². The Labute approximate surface area is 150 Å². The standard InChI is InChI=1S/C15H20N2O8S/c1-4-10-13(21)17-12(14(22)16(3)5-11(19)20)9(6-25-8(2)18)7-26(23,24)15(10)17/h10,15H,4-7H2,1-3H3,(H,19,20)/t10-,15+/m0/s1. The van der Waals surface area contributed by atoms with Gasteiger partial charge in [0.05, 0.1) is 11.7 Å². The maximum Gasteiger partial charge on any atom is 0.323 e. The van der Waals surface area contributed by atoms with E-state index in [-0.39, 0.29) is 11.3 Å². The van der Waals surface area contributed by atoms with Crippen molar-refractivity contribution in [3.05, 3.63) is 11.3 Å². The summed E-state index contributed by atoms with van der Waals surface area (Å²) >= 11 is 0. The molecule has 2 aliphatic heterocycles. The van der Waals surface area contributed by atoms with Crippen molar-refractivity contribution in [1.29, 1.82) is 0 Å². The van der Waals surface area contributed by atoms with Gasteiger partial charge in [0.15, 0.2) is 15.2 Å². The van der Waals surface area contributed by atoms with Gasteiger partial charge in [-0.3, -0.25) is 24.1 Å². The smallest absolute Gasteiger partial charge is 0.323 e. The van der Waals surface area contributed by atoms with E-state index in [9.17, 15) is 27.6 Å². The molecular formula is C15H20N2O8S. The topological polar surface area (TPSA) is 138 Å². The van der Waals surface area contributed by atoms with Crippen LogP contribution in [0.3, 0.4) is 0 Å². The lowest BCUT2D eigenvalue weighted by atomic mass is 9.93. The predicted molar refractivity (Wildman–Crippen MR) is 87.1 cm³/mol. The summed E-state index contributed by atoms with van der Waals surface area (Å²) in [4.78, 5) is 48.8. The Kier molecular flexibility index (Phi) is 5.40. The van der Waals surface area contributed by atoms with Crippen LogP contribution in [-0.4, -0.2) is 78.4 Å². The fourth-order valence-corrected chi connectivity index (χ4v) is 5.34. The van der Waals surface area contributed by atoms with Gasteiger partial charge in [-0.05, 0) is 6.42 Å². The molecule has 2 atom stereocenters. The van der Waals surface area contributed by atoms with Crippen LogP contribution in [0.15, 0.2) is 11.3 Å². The molecule has 1 N–H and O–H groups in total. The van der Waals surface area contributed by atoms with Crippen molar-refractivity contribution < 1.29 is 37.4 Å². The Morgan fingerprint density at radius 1 is 1.35 bits per heavy atom. The summed E-state index contributed by atoms with van der Waals surface area (Å²) in [5, 5.41) is 7.71. The average Bonchev–Trinajstić information content (AvgIpc) is 2.51. The van der Waals surface area contributed by atoms with E-state index in [1.165, 1.54) is 7.05 Å². The van der Waals surface area contributed by atoms with E-state index in [2.05, 4.69) is 0 Å². The van der Waals surface area contributed by atoms with Crippen LogP contribution in [0, 0.1) is 5.92 Å². The third-order valence-electron chi connectivity index (χ3n) is 4.28. The summed E-state index contributed by atoms with van der Waals surface area (Å²) in [6, 6.07) is 0. The zero-order valence-electron chi connectivity index (χ0n) is 14.6. The Morgan fingerprint density at radius 2 is 1.96 bits per heavy atom. The number of hydrogen-bond acceptors (Lipinski definition) is 7. The molecule has 0 aromatic carbocycles. The van der Waals surface area contributed by atoms with Gasteiger partial charge in [-0.1, -0.05) is 6.92 Å². The number of carboxylic acid groups (broad SMARTS) is 1. The average molecular weight is 388 g/mol. The van der Waals surface area contributed by atoms with Crippen molar-refractivity contribution >= 4 is 33.6 Å². The molecule has 1 saturated heterocycles. The monoisotopic (exact) mass is 388 g/mol. The summed E-state index contributed by atoms with van der Waals surface area (Å²) < 4.78 is 29.9. The highest BCUT2D eigenvalue weighted by Crippen LogP contribution is 2.42. The molecule has 0 saturated carbocycles. The summed E-state index contributed by atoms with van der Waals surface area (Å²) in [7, 11) is -2.53. The lowest BCUT2D eigenvalue weighted by Gasteiger charge is -2.50. The van der Waals surface area contributed by atoms with Crippen molar-refractivity contribution in [1.82, 2.24) is 9.80 Å². The highest BCUT2D eigenvalue weighted by atomic mass is 32.2. The van der Waals surface area contributed by atoms with Crippen LogP contribution >= 0.6 is 0 Å². The maximum absolute atomic E-state index is 12.7. The molecule has 0 spiro atoms. The summed E-state index contributed by atoms with van der Waals surface area (Å²) in [5.41, 5.74) is -0.258. The maximum atomic E-state index is 12.7. The second-order valence-corrected chi connectivity index (χ2v) is 8.31. The van der Waals surface area contributed by atoms with Crippen LogP contribution in [-0.2, 0) is 33.8 Å². The van der Waals surface area contributed by atoms with E-state index >= 15 is 0 Å². The molecule has 0 aromatic rings. The number of nitrogens with zero attached hydrogens (tertiary/aromatic N) is 2. The largest absolute Gasteiger partial charge is 0.480 e. The number of esters is 1. The molecule has 2 aliphatic rings. The van der Waals surface area contributed by atoms with Crippen LogP contribution in [0.2, 0.25) is 0 Å². The van der Waals surface area contributed by atoms with Crippen molar-refractivity contribution in [3.8, 4) is 0 Å². The number of likely N-dealkylation sites (N-methyl/N-ethyl adjacent to an activating group) is 1. The number of sulfone groups is 1. The van der Waals surface area contributed by atoms with Crippen molar-refractivity contribution in [3.63, 3.8) is 0 Å². The first kappa shape index (κ1) is 19.9. The fourth-order valence-electron chi connectivity index (χ4n) is 3.12. The van der Waals surface area contributed by atoms with Gasteiger partial charge in [0, 0.05) is 19.5 Å². The van der Waals surface area contributed by atoms with Crippen LogP contribution in [0.1, 0.15) is 20.3 Å². The molecule has 10 nitrogen and oxygen atoms in total. The third kappa shape index (κ3) is 3.43. The molecule has 0 aliphatic carbocycles. The number of β-lactam (4-membered cyclic amide) rings is 1. The zero-order chi connectivity index (χ0) is 19.8. The molecule has 144 valence electrons. The molecule has 1 fully saturated rings. The molecule has 11 heteroatoms. The first-order valence-electron chi connectivity index (χ1n) is 7.88. The van der Waals surface area contributed by atoms with E-state index in [4.69, 9.17) is 9.84 Å². The zero-order valence-corrected chi connectivity index (χ0v) is 15.4. The van der Waals surface area contributed by atoms with E-state index in [0.29, 0.717) is 6.42 Å². The van der Waals surface area contributed by atoms with E-state index < -0.39 is 63.8 Å². The number of carboxylic acids is 1. The number of aliphatic carboxylic acids is 1. The third-order valence-corrected chi connectivity index (χ3v) is 6.31. The lowest BCUT2D eigenvalue weighted by molar-refractivity contribution is -0.152. The van der Waals surface area contributed by atoms with Crippen LogP contribution in [0.4, 0.5) is 0 Å². The number of ether oxygens (including phenoxy) is 1. The number of amides is 2. The Bertz CT molecular complexity index is 800. The number of carbonyl (C=O) groups excluding carboxylic acids is 3. The van der Waals surface area contributed by atoms with Crippen molar-refractivity contribution in [2.45, 2.75) is 25.6 Å². The first-order chi connectivity index (χ1) is 12.0. The normalized spacial score (nSPS) is 23.8. The number of carbonyl (C=O) groups is 4. The molecule has 0 aromatic heterocycles. The molecule has 26 heavy (non-hydrogen) atoms. The van der Waals surface area contributed by atoms with Gasteiger partial charge in [0.2, 0.25) is 5.91 Å². The Hall–Kier alpha value is -2.43. The van der Waals surface area contributed by atoms with E-state index in [1.807, 2.05) is 0 Å². The quantitative estimate of drug-likeness (QED) is 0.450.